The summed E-state index contributed by atoms with van der Waals surface area (Å²) < 4.78 is 0. The van der Waals surface area contributed by atoms with Gasteiger partial charge in [0.05, 0.1) is 6.07 Å². The topological polar surface area (TPSA) is 35.8 Å². The monoisotopic (exact) mass is 262 g/mol. The zero-order chi connectivity index (χ0) is 13.0. The summed E-state index contributed by atoms with van der Waals surface area (Å²) in [5.41, 5.74) is 2.13. The van der Waals surface area contributed by atoms with Gasteiger partial charge in [0.2, 0.25) is 0 Å². The summed E-state index contributed by atoms with van der Waals surface area (Å²) in [6, 6.07) is 8.38. The van der Waals surface area contributed by atoms with E-state index < -0.39 is 0 Å². The Morgan fingerprint density at radius 1 is 1.33 bits per heavy atom. The number of nitriles is 1. The van der Waals surface area contributed by atoms with Gasteiger partial charge in [-0.05, 0) is 43.0 Å². The maximum Gasteiger partial charge on any atom is 0.121 e. The van der Waals surface area contributed by atoms with E-state index in [-0.39, 0.29) is 6.04 Å². The Hall–Kier alpha value is -1.04. The van der Waals surface area contributed by atoms with E-state index in [4.69, 9.17) is 11.6 Å². The van der Waals surface area contributed by atoms with Gasteiger partial charge in [0.25, 0.3) is 0 Å². The van der Waals surface area contributed by atoms with Crippen LogP contribution in [-0.2, 0) is 0 Å². The minimum atomic E-state index is -0.217. The fourth-order valence-electron chi connectivity index (χ4n) is 2.66. The van der Waals surface area contributed by atoms with Gasteiger partial charge in [0.1, 0.15) is 6.04 Å². The molecule has 1 fully saturated rings. The molecule has 3 heteroatoms. The van der Waals surface area contributed by atoms with Crippen molar-refractivity contribution in [2.24, 2.45) is 0 Å². The SMILES string of the molecule is Cc1cc(Cl)ccc1C(C#N)NC1CCCCC1. The smallest absolute Gasteiger partial charge is 0.121 e. The third-order valence-corrected chi connectivity index (χ3v) is 3.91. The van der Waals surface area contributed by atoms with Crippen LogP contribution < -0.4 is 5.32 Å². The Labute approximate surface area is 114 Å². The number of halogens is 1. The van der Waals surface area contributed by atoms with E-state index in [1.165, 1.54) is 32.1 Å². The Bertz CT molecular complexity index is 444. The van der Waals surface area contributed by atoms with Crippen LogP contribution in [0.1, 0.15) is 49.3 Å². The van der Waals surface area contributed by atoms with Crippen LogP contribution in [0.15, 0.2) is 18.2 Å². The second-order valence-electron chi connectivity index (χ2n) is 5.06. The van der Waals surface area contributed by atoms with E-state index >= 15 is 0 Å². The van der Waals surface area contributed by atoms with E-state index in [1.54, 1.807) is 0 Å². The molecule has 1 N–H and O–H groups in total. The van der Waals surface area contributed by atoms with Gasteiger partial charge >= 0.3 is 0 Å². The zero-order valence-electron chi connectivity index (χ0n) is 10.7. The molecule has 0 amide bonds. The van der Waals surface area contributed by atoms with Gasteiger partial charge < -0.3 is 0 Å². The van der Waals surface area contributed by atoms with Crippen LogP contribution in [0.4, 0.5) is 0 Å². The van der Waals surface area contributed by atoms with E-state index in [0.717, 1.165) is 16.1 Å². The van der Waals surface area contributed by atoms with Crippen LogP contribution >= 0.6 is 11.6 Å². The number of hydrogen-bond acceptors (Lipinski definition) is 2. The molecule has 96 valence electrons. The summed E-state index contributed by atoms with van der Waals surface area (Å²) in [5, 5.41) is 13.6. The molecule has 0 heterocycles. The van der Waals surface area contributed by atoms with Crippen molar-refractivity contribution >= 4 is 11.6 Å². The lowest BCUT2D eigenvalue weighted by atomic mass is 9.93. The van der Waals surface area contributed by atoms with Crippen molar-refractivity contribution in [2.75, 3.05) is 0 Å². The van der Waals surface area contributed by atoms with Crippen molar-refractivity contribution in [3.8, 4) is 6.07 Å². The fourth-order valence-corrected chi connectivity index (χ4v) is 2.89. The minimum absolute atomic E-state index is 0.217. The zero-order valence-corrected chi connectivity index (χ0v) is 11.5. The molecule has 0 bridgehead atoms. The standard InChI is InChI=1S/C15H19ClN2/c1-11-9-12(16)7-8-14(11)15(10-17)18-13-5-3-2-4-6-13/h7-9,13,15,18H,2-6H2,1H3. The van der Waals surface area contributed by atoms with Crippen molar-refractivity contribution in [1.29, 1.82) is 5.26 Å². The first-order chi connectivity index (χ1) is 8.70. The molecule has 1 aromatic carbocycles. The van der Waals surface area contributed by atoms with Crippen LogP contribution in [0, 0.1) is 18.3 Å². The van der Waals surface area contributed by atoms with Crippen LogP contribution in [-0.4, -0.2) is 6.04 Å². The Morgan fingerprint density at radius 3 is 2.67 bits per heavy atom. The molecule has 1 aliphatic rings. The van der Waals surface area contributed by atoms with Crippen molar-refractivity contribution in [1.82, 2.24) is 5.32 Å². The van der Waals surface area contributed by atoms with Crippen LogP contribution in [0.3, 0.4) is 0 Å². The second-order valence-corrected chi connectivity index (χ2v) is 5.50. The average Bonchev–Trinajstić information content (AvgIpc) is 2.38. The molecule has 0 aromatic heterocycles. The Morgan fingerprint density at radius 2 is 2.06 bits per heavy atom. The predicted octanol–water partition coefficient (Wildman–Crippen LogP) is 4.14. The predicted molar refractivity (Wildman–Crippen MR) is 74.6 cm³/mol. The van der Waals surface area contributed by atoms with Gasteiger partial charge in [-0.25, -0.2) is 0 Å². The summed E-state index contributed by atoms with van der Waals surface area (Å²) in [6.45, 7) is 2.01. The molecular formula is C15H19ClN2. The number of nitrogens with one attached hydrogen (secondary N) is 1. The van der Waals surface area contributed by atoms with Crippen LogP contribution in [0.5, 0.6) is 0 Å². The normalized spacial score (nSPS) is 18.3. The van der Waals surface area contributed by atoms with Gasteiger partial charge in [0.15, 0.2) is 0 Å². The van der Waals surface area contributed by atoms with Gasteiger partial charge in [-0.3, -0.25) is 5.32 Å². The molecule has 2 nitrogen and oxygen atoms in total. The maximum atomic E-state index is 9.36. The fraction of sp³-hybridized carbons (Fsp3) is 0.533. The van der Waals surface area contributed by atoms with Crippen molar-refractivity contribution in [2.45, 2.75) is 51.1 Å². The number of aryl methyl sites for hydroxylation is 1. The molecule has 1 saturated carbocycles. The summed E-state index contributed by atoms with van der Waals surface area (Å²) >= 11 is 5.95. The lowest BCUT2D eigenvalue weighted by molar-refractivity contribution is 0.359. The van der Waals surface area contributed by atoms with Crippen LogP contribution in [0.2, 0.25) is 5.02 Å². The largest absolute Gasteiger partial charge is 0.295 e. The van der Waals surface area contributed by atoms with E-state index in [1.807, 2.05) is 25.1 Å². The number of hydrogen-bond donors (Lipinski definition) is 1. The summed E-state index contributed by atoms with van der Waals surface area (Å²) in [4.78, 5) is 0. The van der Waals surface area contributed by atoms with Crippen LogP contribution in [0.25, 0.3) is 0 Å². The van der Waals surface area contributed by atoms with Gasteiger partial charge in [0, 0.05) is 11.1 Å². The molecule has 1 aliphatic carbocycles. The molecule has 0 radical (unpaired) electrons. The molecule has 1 aromatic rings. The Kier molecular flexibility index (Phi) is 4.63. The summed E-state index contributed by atoms with van der Waals surface area (Å²) in [7, 11) is 0. The third kappa shape index (κ3) is 3.25. The highest BCUT2D eigenvalue weighted by Crippen LogP contribution is 2.24. The molecule has 0 aliphatic heterocycles. The first-order valence-electron chi connectivity index (χ1n) is 6.62. The molecule has 2 rings (SSSR count). The van der Waals surface area contributed by atoms with Crippen molar-refractivity contribution in [3.05, 3.63) is 34.3 Å². The highest BCUT2D eigenvalue weighted by molar-refractivity contribution is 6.30. The van der Waals surface area contributed by atoms with Crippen molar-refractivity contribution in [3.63, 3.8) is 0 Å². The average molecular weight is 263 g/mol. The lowest BCUT2D eigenvalue weighted by Crippen LogP contribution is -2.34. The van der Waals surface area contributed by atoms with Gasteiger partial charge in [-0.2, -0.15) is 5.26 Å². The molecule has 1 atom stereocenters. The number of rotatable bonds is 3. The number of nitrogens with zero attached hydrogens (tertiary/aromatic N) is 1. The lowest BCUT2D eigenvalue weighted by Gasteiger charge is -2.26. The van der Waals surface area contributed by atoms with E-state index in [2.05, 4.69) is 11.4 Å². The second kappa shape index (κ2) is 6.22. The maximum absolute atomic E-state index is 9.36. The molecular weight excluding hydrogens is 244 g/mol. The third-order valence-electron chi connectivity index (χ3n) is 3.68. The summed E-state index contributed by atoms with van der Waals surface area (Å²) in [6.07, 6.45) is 6.25. The molecule has 0 spiro atoms. The van der Waals surface area contributed by atoms with Gasteiger partial charge in [-0.15, -0.1) is 0 Å². The van der Waals surface area contributed by atoms with E-state index in [9.17, 15) is 5.26 Å². The molecule has 18 heavy (non-hydrogen) atoms. The quantitative estimate of drug-likeness (QED) is 0.889. The Balaban J connectivity index is 2.10. The minimum Gasteiger partial charge on any atom is -0.295 e. The highest BCUT2D eigenvalue weighted by Gasteiger charge is 2.19. The molecule has 0 saturated heterocycles. The van der Waals surface area contributed by atoms with Crippen molar-refractivity contribution < 1.29 is 0 Å². The molecule has 1 unspecified atom stereocenters. The summed E-state index contributed by atoms with van der Waals surface area (Å²) in [5.74, 6) is 0. The first-order valence-corrected chi connectivity index (χ1v) is 7.00. The highest BCUT2D eigenvalue weighted by atomic mass is 35.5. The van der Waals surface area contributed by atoms with Gasteiger partial charge in [-0.1, -0.05) is 36.9 Å². The number of benzene rings is 1. The first kappa shape index (κ1) is 13.4. The van der Waals surface area contributed by atoms with E-state index in [0.29, 0.717) is 6.04 Å².